The van der Waals surface area contributed by atoms with E-state index >= 15 is 0 Å². The van der Waals surface area contributed by atoms with Crippen molar-refractivity contribution in [2.75, 3.05) is 7.11 Å². The van der Waals surface area contributed by atoms with Crippen LogP contribution in [0.3, 0.4) is 0 Å². The van der Waals surface area contributed by atoms with Gasteiger partial charge in [-0.2, -0.15) is 0 Å². The summed E-state index contributed by atoms with van der Waals surface area (Å²) in [6.45, 7) is 0. The zero-order chi connectivity index (χ0) is 11.1. The number of pyridine rings is 1. The molecule has 16 heavy (non-hydrogen) atoms. The zero-order valence-electron chi connectivity index (χ0n) is 8.88. The third kappa shape index (κ3) is 1.28. The van der Waals surface area contributed by atoms with Crippen molar-refractivity contribution < 1.29 is 9.53 Å². The number of hydrogen-bond acceptors (Lipinski definition) is 4. The molecule has 1 fully saturated rings. The predicted octanol–water partition coefficient (Wildman–Crippen LogP) is 1.39. The van der Waals surface area contributed by atoms with Crippen LogP contribution < -0.4 is 0 Å². The summed E-state index contributed by atoms with van der Waals surface area (Å²) < 4.78 is 6.59. The van der Waals surface area contributed by atoms with Crippen LogP contribution in [0.4, 0.5) is 0 Å². The number of carbonyl (C=O) groups is 1. The Labute approximate surface area is 92.1 Å². The average molecular weight is 217 g/mol. The average Bonchev–Trinajstić information content (AvgIpc) is 3.07. The lowest BCUT2D eigenvalue weighted by Gasteiger charge is -2.01. The molecule has 0 saturated heterocycles. The summed E-state index contributed by atoms with van der Waals surface area (Å²) in [6, 6.07) is 3.51. The first-order valence-corrected chi connectivity index (χ1v) is 5.23. The van der Waals surface area contributed by atoms with E-state index < -0.39 is 0 Å². The van der Waals surface area contributed by atoms with E-state index in [0.29, 0.717) is 17.1 Å². The Morgan fingerprint density at radius 2 is 2.31 bits per heavy atom. The topological polar surface area (TPSA) is 56.5 Å². The van der Waals surface area contributed by atoms with Crippen LogP contribution in [0, 0.1) is 0 Å². The van der Waals surface area contributed by atoms with Gasteiger partial charge in [-0.25, -0.2) is 4.79 Å². The normalized spacial score (nSPS) is 15.3. The molecule has 0 atom stereocenters. The minimum absolute atomic E-state index is 0.375. The lowest BCUT2D eigenvalue weighted by molar-refractivity contribution is 0.0602. The van der Waals surface area contributed by atoms with Crippen LogP contribution in [0.5, 0.6) is 0 Å². The molecule has 0 aromatic carbocycles. The molecule has 1 aliphatic carbocycles. The monoisotopic (exact) mass is 217 g/mol. The third-order valence-electron chi connectivity index (χ3n) is 2.81. The Kier molecular flexibility index (Phi) is 1.92. The second kappa shape index (κ2) is 3.30. The Bertz CT molecular complexity index is 557. The summed E-state index contributed by atoms with van der Waals surface area (Å²) in [5, 5.41) is 8.20. The van der Waals surface area contributed by atoms with Gasteiger partial charge in [-0.05, 0) is 25.0 Å². The van der Waals surface area contributed by atoms with Crippen molar-refractivity contribution in [2.45, 2.75) is 18.8 Å². The van der Waals surface area contributed by atoms with E-state index in [-0.39, 0.29) is 5.97 Å². The first kappa shape index (κ1) is 9.33. The molecule has 0 N–H and O–H groups in total. The fourth-order valence-corrected chi connectivity index (χ4v) is 1.82. The van der Waals surface area contributed by atoms with Crippen molar-refractivity contribution in [2.24, 2.45) is 0 Å². The van der Waals surface area contributed by atoms with Gasteiger partial charge in [-0.3, -0.25) is 4.40 Å². The summed E-state index contributed by atoms with van der Waals surface area (Å²) in [5.74, 6) is 1.07. The van der Waals surface area contributed by atoms with Gasteiger partial charge in [0.05, 0.1) is 7.11 Å². The molecule has 0 bridgehead atoms. The molecule has 0 amide bonds. The van der Waals surface area contributed by atoms with E-state index in [1.54, 1.807) is 6.07 Å². The molecule has 0 aliphatic heterocycles. The van der Waals surface area contributed by atoms with Gasteiger partial charge in [0.2, 0.25) is 0 Å². The Balaban J connectivity index is 2.20. The molecule has 2 aromatic rings. The molecule has 0 unspecified atom stereocenters. The Hall–Kier alpha value is -1.91. The van der Waals surface area contributed by atoms with Crippen molar-refractivity contribution >= 4 is 11.6 Å². The number of esters is 1. The van der Waals surface area contributed by atoms with Crippen LogP contribution in [0.25, 0.3) is 5.65 Å². The van der Waals surface area contributed by atoms with E-state index in [1.165, 1.54) is 7.11 Å². The second-order valence-electron chi connectivity index (χ2n) is 3.94. The summed E-state index contributed by atoms with van der Waals surface area (Å²) >= 11 is 0. The molecule has 0 spiro atoms. The van der Waals surface area contributed by atoms with Crippen LogP contribution in [-0.4, -0.2) is 27.7 Å². The zero-order valence-corrected chi connectivity index (χ0v) is 8.88. The van der Waals surface area contributed by atoms with Crippen LogP contribution in [0.2, 0.25) is 0 Å². The number of methoxy groups -OCH3 is 1. The van der Waals surface area contributed by atoms with Gasteiger partial charge in [0.1, 0.15) is 11.4 Å². The number of aromatic nitrogens is 3. The Morgan fingerprint density at radius 1 is 1.50 bits per heavy atom. The smallest absolute Gasteiger partial charge is 0.341 e. The molecule has 82 valence electrons. The highest BCUT2D eigenvalue weighted by atomic mass is 16.5. The van der Waals surface area contributed by atoms with Crippen LogP contribution in [0.15, 0.2) is 18.3 Å². The summed E-state index contributed by atoms with van der Waals surface area (Å²) in [4.78, 5) is 11.5. The standard InChI is InChI=1S/C11H11N3O2/c1-16-11(15)8-3-2-6-14-9(7-4-5-7)12-13-10(8)14/h2-3,6-7H,4-5H2,1H3. The van der Waals surface area contributed by atoms with E-state index in [9.17, 15) is 4.79 Å². The SMILES string of the molecule is COC(=O)c1cccn2c(C3CC3)nnc12. The predicted molar refractivity (Wildman–Crippen MR) is 56.3 cm³/mol. The highest BCUT2D eigenvalue weighted by Crippen LogP contribution is 2.39. The molecule has 5 heteroatoms. The molecule has 2 aromatic heterocycles. The number of hydrogen-bond donors (Lipinski definition) is 0. The van der Waals surface area contributed by atoms with Crippen LogP contribution in [-0.2, 0) is 4.74 Å². The number of nitrogens with zero attached hydrogens (tertiary/aromatic N) is 3. The summed E-state index contributed by atoms with van der Waals surface area (Å²) in [5.41, 5.74) is 1.04. The second-order valence-corrected chi connectivity index (χ2v) is 3.94. The fourth-order valence-electron chi connectivity index (χ4n) is 1.82. The maximum atomic E-state index is 11.5. The van der Waals surface area contributed by atoms with Gasteiger partial charge in [-0.1, -0.05) is 0 Å². The van der Waals surface area contributed by atoms with Gasteiger partial charge < -0.3 is 4.74 Å². The fraction of sp³-hybridized carbons (Fsp3) is 0.364. The molecular formula is C11H11N3O2. The molecular weight excluding hydrogens is 206 g/mol. The summed E-state index contributed by atoms with van der Waals surface area (Å²) in [6.07, 6.45) is 4.20. The molecule has 0 radical (unpaired) electrons. The minimum Gasteiger partial charge on any atom is -0.465 e. The molecule has 3 rings (SSSR count). The van der Waals surface area contributed by atoms with Gasteiger partial charge in [-0.15, -0.1) is 10.2 Å². The maximum absolute atomic E-state index is 11.5. The van der Waals surface area contributed by atoms with E-state index in [2.05, 4.69) is 10.2 Å². The number of ether oxygens (including phenoxy) is 1. The van der Waals surface area contributed by atoms with Crippen molar-refractivity contribution in [3.8, 4) is 0 Å². The van der Waals surface area contributed by atoms with Crippen molar-refractivity contribution in [1.82, 2.24) is 14.6 Å². The molecule has 2 heterocycles. The first-order chi connectivity index (χ1) is 7.81. The number of carbonyl (C=O) groups excluding carboxylic acids is 1. The van der Waals surface area contributed by atoms with Gasteiger partial charge in [0.15, 0.2) is 5.65 Å². The molecule has 5 nitrogen and oxygen atoms in total. The lowest BCUT2D eigenvalue weighted by atomic mass is 10.2. The maximum Gasteiger partial charge on any atom is 0.341 e. The van der Waals surface area contributed by atoms with Gasteiger partial charge >= 0.3 is 5.97 Å². The van der Waals surface area contributed by atoms with Crippen molar-refractivity contribution in [3.63, 3.8) is 0 Å². The summed E-state index contributed by atoms with van der Waals surface area (Å²) in [7, 11) is 1.37. The molecule has 1 aliphatic rings. The minimum atomic E-state index is -0.375. The van der Waals surface area contributed by atoms with E-state index in [1.807, 2.05) is 16.7 Å². The quantitative estimate of drug-likeness (QED) is 0.713. The van der Waals surface area contributed by atoms with Crippen molar-refractivity contribution in [1.29, 1.82) is 0 Å². The van der Waals surface area contributed by atoms with E-state index in [0.717, 1.165) is 18.7 Å². The van der Waals surface area contributed by atoms with Gasteiger partial charge in [0.25, 0.3) is 0 Å². The van der Waals surface area contributed by atoms with Gasteiger partial charge in [0, 0.05) is 12.1 Å². The van der Waals surface area contributed by atoms with Crippen molar-refractivity contribution in [3.05, 3.63) is 29.7 Å². The third-order valence-corrected chi connectivity index (χ3v) is 2.81. The first-order valence-electron chi connectivity index (χ1n) is 5.23. The largest absolute Gasteiger partial charge is 0.465 e. The number of fused-ring (bicyclic) bond motifs is 1. The van der Waals surface area contributed by atoms with Crippen LogP contribution >= 0.6 is 0 Å². The molecule has 1 saturated carbocycles. The van der Waals surface area contributed by atoms with Crippen LogP contribution in [0.1, 0.15) is 34.9 Å². The highest BCUT2D eigenvalue weighted by molar-refractivity contribution is 5.95. The lowest BCUT2D eigenvalue weighted by Crippen LogP contribution is -2.04. The number of rotatable bonds is 2. The highest BCUT2D eigenvalue weighted by Gasteiger charge is 2.29. The Morgan fingerprint density at radius 3 is 3.00 bits per heavy atom. The van der Waals surface area contributed by atoms with E-state index in [4.69, 9.17) is 4.74 Å².